The lowest BCUT2D eigenvalue weighted by Gasteiger charge is -2.24. The molecule has 2 unspecified atom stereocenters. The lowest BCUT2D eigenvalue weighted by atomic mass is 10.1. The predicted octanol–water partition coefficient (Wildman–Crippen LogP) is 14.1. The molecule has 0 aliphatic carbocycles. The molecule has 58 heavy (non-hydrogen) atoms. The zero-order chi connectivity index (χ0) is 42.7. The van der Waals surface area contributed by atoms with Gasteiger partial charge in [0, 0.05) is 13.0 Å². The van der Waals surface area contributed by atoms with Crippen LogP contribution in [0.4, 0.5) is 0 Å². The van der Waals surface area contributed by atoms with E-state index in [2.05, 4.69) is 74.6 Å². The quantitative estimate of drug-likeness (QED) is 0.0215. The van der Waals surface area contributed by atoms with Crippen molar-refractivity contribution in [3.8, 4) is 0 Å². The predicted molar refractivity (Wildman–Crippen MR) is 247 cm³/mol. The highest BCUT2D eigenvalue weighted by Gasteiger charge is 2.26. The number of rotatable bonds is 43. The van der Waals surface area contributed by atoms with E-state index in [9.17, 15) is 14.3 Å². The van der Waals surface area contributed by atoms with Crippen LogP contribution in [-0.2, 0) is 27.9 Å². The van der Waals surface area contributed by atoms with Crippen molar-refractivity contribution in [1.29, 1.82) is 0 Å². The number of hydrogen-bond donors (Lipinski definition) is 1. The second-order valence-electron chi connectivity index (χ2n) is 16.8. The molecule has 2 atom stereocenters. The maximum absolute atomic E-state index is 12.7. The Balaban J connectivity index is 4.25. The van der Waals surface area contributed by atoms with Crippen LogP contribution in [0.2, 0.25) is 0 Å². The van der Waals surface area contributed by atoms with E-state index in [-0.39, 0.29) is 25.8 Å². The van der Waals surface area contributed by atoms with E-state index in [0.29, 0.717) is 24.1 Å². The van der Waals surface area contributed by atoms with Crippen molar-refractivity contribution in [2.75, 3.05) is 54.1 Å². The fourth-order valence-electron chi connectivity index (χ4n) is 6.19. The van der Waals surface area contributed by atoms with Crippen molar-refractivity contribution in [3.05, 3.63) is 60.8 Å². The normalized spacial score (nSPS) is 14.2. The summed E-state index contributed by atoms with van der Waals surface area (Å²) in [6.07, 6.45) is 52.6. The number of phosphoric acid groups is 1. The molecule has 0 aliphatic heterocycles. The summed E-state index contributed by atoms with van der Waals surface area (Å²) in [6.45, 7) is 5.47. The fraction of sp³-hybridized carbons (Fsp3) is 0.776. The van der Waals surface area contributed by atoms with Crippen molar-refractivity contribution in [2.45, 2.75) is 193 Å². The van der Waals surface area contributed by atoms with Gasteiger partial charge in [-0.1, -0.05) is 164 Å². The number of carbonyl (C=O) groups excluding carboxylic acids is 1. The number of likely N-dealkylation sites (N-methyl/N-ethyl adjacent to an activating group) is 1. The molecule has 0 rings (SSSR count). The van der Waals surface area contributed by atoms with Crippen LogP contribution in [0.15, 0.2) is 60.8 Å². The van der Waals surface area contributed by atoms with Gasteiger partial charge in [-0.25, -0.2) is 4.57 Å². The third-order valence-corrected chi connectivity index (χ3v) is 10.8. The van der Waals surface area contributed by atoms with E-state index in [1.165, 1.54) is 96.3 Å². The molecule has 8 nitrogen and oxygen atoms in total. The van der Waals surface area contributed by atoms with Crippen LogP contribution in [0.3, 0.4) is 0 Å². The second kappa shape index (κ2) is 41.9. The SMILES string of the molecule is CC/C=C\C/C=C\C/C=C\C/C=C\CCCCCCC(=O)OC(COCCCCCCCCCC/C=C\CCCCCCCCC)COP(=O)(O)OCC[N+](C)(C)C. The second-order valence-corrected chi connectivity index (χ2v) is 18.2. The number of quaternary nitrogens is 1. The van der Waals surface area contributed by atoms with Gasteiger partial charge in [-0.2, -0.15) is 0 Å². The molecule has 0 fully saturated rings. The first-order valence-electron chi connectivity index (χ1n) is 23.5. The first-order chi connectivity index (χ1) is 28.1. The van der Waals surface area contributed by atoms with E-state index in [1.807, 2.05) is 21.1 Å². The van der Waals surface area contributed by atoms with Gasteiger partial charge in [-0.3, -0.25) is 13.8 Å². The van der Waals surface area contributed by atoms with Crippen LogP contribution >= 0.6 is 7.82 Å². The number of allylic oxidation sites excluding steroid dienone is 10. The average Bonchev–Trinajstić information content (AvgIpc) is 3.18. The number of ether oxygens (including phenoxy) is 2. The molecule has 0 bridgehead atoms. The lowest BCUT2D eigenvalue weighted by molar-refractivity contribution is -0.870. The number of nitrogens with zero attached hydrogens (tertiary/aromatic N) is 1. The number of esters is 1. The molecule has 338 valence electrons. The molecule has 0 aromatic heterocycles. The smallest absolute Gasteiger partial charge is 0.457 e. The Hall–Kier alpha value is -1.80. The highest BCUT2D eigenvalue weighted by molar-refractivity contribution is 7.47. The minimum atomic E-state index is -4.29. The third kappa shape index (κ3) is 45.3. The van der Waals surface area contributed by atoms with Crippen molar-refractivity contribution in [3.63, 3.8) is 0 Å². The Morgan fingerprint density at radius 1 is 0.552 bits per heavy atom. The molecule has 0 spiro atoms. The molecular weight excluding hydrogens is 746 g/mol. The number of carbonyl (C=O) groups is 1. The van der Waals surface area contributed by atoms with Crippen LogP contribution in [0, 0.1) is 0 Å². The maximum Gasteiger partial charge on any atom is 0.472 e. The van der Waals surface area contributed by atoms with Crippen LogP contribution < -0.4 is 0 Å². The van der Waals surface area contributed by atoms with Crippen LogP contribution in [-0.4, -0.2) is 75.6 Å². The Morgan fingerprint density at radius 3 is 1.52 bits per heavy atom. The van der Waals surface area contributed by atoms with E-state index in [1.54, 1.807) is 0 Å². The molecule has 9 heteroatoms. The first kappa shape index (κ1) is 56.2. The average molecular weight is 837 g/mol. The molecular formula is C49H91NO7P+. The molecule has 0 radical (unpaired) electrons. The largest absolute Gasteiger partial charge is 0.472 e. The molecule has 0 saturated carbocycles. The molecule has 0 aliphatic rings. The molecule has 0 saturated heterocycles. The zero-order valence-electron chi connectivity index (χ0n) is 38.3. The summed E-state index contributed by atoms with van der Waals surface area (Å²) >= 11 is 0. The Kier molecular flexibility index (Phi) is 40.6. The third-order valence-electron chi connectivity index (χ3n) is 9.81. The van der Waals surface area contributed by atoms with E-state index >= 15 is 0 Å². The van der Waals surface area contributed by atoms with Crippen LogP contribution in [0.25, 0.3) is 0 Å². The minimum absolute atomic E-state index is 0.0806. The van der Waals surface area contributed by atoms with E-state index < -0.39 is 13.9 Å². The minimum Gasteiger partial charge on any atom is -0.457 e. The van der Waals surface area contributed by atoms with Gasteiger partial charge in [0.2, 0.25) is 0 Å². The monoisotopic (exact) mass is 837 g/mol. The van der Waals surface area contributed by atoms with Gasteiger partial charge in [-0.15, -0.1) is 0 Å². The lowest BCUT2D eigenvalue weighted by Crippen LogP contribution is -2.37. The summed E-state index contributed by atoms with van der Waals surface area (Å²) < 4.78 is 35.0. The summed E-state index contributed by atoms with van der Waals surface area (Å²) in [7, 11) is 1.64. The molecule has 0 aromatic carbocycles. The first-order valence-corrected chi connectivity index (χ1v) is 25.0. The maximum atomic E-state index is 12.7. The summed E-state index contributed by atoms with van der Waals surface area (Å²) in [5, 5.41) is 0. The highest BCUT2D eigenvalue weighted by Crippen LogP contribution is 2.43. The fourth-order valence-corrected chi connectivity index (χ4v) is 6.93. The zero-order valence-corrected chi connectivity index (χ0v) is 39.2. The van der Waals surface area contributed by atoms with E-state index in [0.717, 1.165) is 70.6 Å². The Morgan fingerprint density at radius 2 is 1.00 bits per heavy atom. The summed E-state index contributed by atoms with van der Waals surface area (Å²) in [4.78, 5) is 22.9. The number of hydrogen-bond acceptors (Lipinski definition) is 6. The van der Waals surface area contributed by atoms with Gasteiger partial charge in [0.1, 0.15) is 19.3 Å². The van der Waals surface area contributed by atoms with Crippen LogP contribution in [0.1, 0.15) is 187 Å². The van der Waals surface area contributed by atoms with Crippen molar-refractivity contribution in [2.24, 2.45) is 0 Å². The number of unbranched alkanes of at least 4 members (excludes halogenated alkanes) is 19. The van der Waals surface area contributed by atoms with Crippen LogP contribution in [0.5, 0.6) is 0 Å². The Bertz CT molecular complexity index is 1110. The van der Waals surface area contributed by atoms with Gasteiger partial charge in [0.25, 0.3) is 0 Å². The topological polar surface area (TPSA) is 91.3 Å². The van der Waals surface area contributed by atoms with Gasteiger partial charge in [0.15, 0.2) is 0 Å². The summed E-state index contributed by atoms with van der Waals surface area (Å²) in [5.41, 5.74) is 0. The molecule has 0 aromatic rings. The summed E-state index contributed by atoms with van der Waals surface area (Å²) in [6, 6.07) is 0. The van der Waals surface area contributed by atoms with Gasteiger partial charge < -0.3 is 18.9 Å². The summed E-state index contributed by atoms with van der Waals surface area (Å²) in [5.74, 6) is -0.339. The molecule has 0 heterocycles. The highest BCUT2D eigenvalue weighted by atomic mass is 31.2. The Labute approximate surface area is 358 Å². The molecule has 0 amide bonds. The standard InChI is InChI=1S/C49H90NO7P/c1-6-8-10-12-14-16-18-20-22-24-25-27-29-31-33-35-37-39-41-44-54-46-48(47-56-58(52,53)55-45-43-50(3,4)5)57-49(51)42-40-38-36-34-32-30-28-26-23-21-19-17-15-13-11-9-7-2/h9,11,15,17,21-24,28,30,48H,6-8,10,12-14,16,18-20,25-27,29,31-47H2,1-5H3/p+1/b11-9-,17-15-,23-21-,24-22-,30-28-. The van der Waals surface area contributed by atoms with Crippen molar-refractivity contribution < 1.29 is 37.3 Å². The van der Waals surface area contributed by atoms with E-state index in [4.69, 9.17) is 18.5 Å². The van der Waals surface area contributed by atoms with Gasteiger partial charge in [0.05, 0.1) is 34.4 Å². The number of phosphoric ester groups is 1. The van der Waals surface area contributed by atoms with Gasteiger partial charge >= 0.3 is 13.8 Å². The molecule has 1 N–H and O–H groups in total. The van der Waals surface area contributed by atoms with Gasteiger partial charge in [-0.05, 0) is 77.0 Å². The van der Waals surface area contributed by atoms with Crippen molar-refractivity contribution >= 4 is 13.8 Å². The van der Waals surface area contributed by atoms with Crippen molar-refractivity contribution in [1.82, 2.24) is 0 Å².